The van der Waals surface area contributed by atoms with Gasteiger partial charge in [0, 0.05) is 13.1 Å². The predicted octanol–water partition coefficient (Wildman–Crippen LogP) is 3.46. The van der Waals surface area contributed by atoms with E-state index in [-0.39, 0.29) is 0 Å². The Morgan fingerprint density at radius 2 is 1.83 bits per heavy atom. The Kier molecular flexibility index (Phi) is 4.28. The number of hydrogen-bond donors (Lipinski definition) is 0. The molecule has 1 heterocycles. The van der Waals surface area contributed by atoms with E-state index in [0.29, 0.717) is 0 Å². The van der Waals surface area contributed by atoms with Crippen molar-refractivity contribution in [3.05, 3.63) is 29.8 Å². The normalized spacial score (nSPS) is 21.4. The highest BCUT2D eigenvalue weighted by molar-refractivity contribution is 6.88. The van der Waals surface area contributed by atoms with Crippen LogP contribution in [0.25, 0.3) is 0 Å². The van der Waals surface area contributed by atoms with Crippen LogP contribution in [0.1, 0.15) is 25.3 Å². The molecule has 0 saturated carbocycles. The molecule has 100 valence electrons. The molecule has 0 spiro atoms. The first-order valence-corrected chi connectivity index (χ1v) is 10.8. The van der Waals surface area contributed by atoms with Gasteiger partial charge in [0.25, 0.3) is 0 Å². The van der Waals surface area contributed by atoms with Crippen molar-refractivity contribution in [2.75, 3.05) is 13.1 Å². The zero-order valence-electron chi connectivity index (χ0n) is 12.4. The summed E-state index contributed by atoms with van der Waals surface area (Å²) < 4.78 is 0. The van der Waals surface area contributed by atoms with E-state index < -0.39 is 8.07 Å². The van der Waals surface area contributed by atoms with E-state index in [2.05, 4.69) is 55.7 Å². The highest BCUT2D eigenvalue weighted by Gasteiger charge is 2.21. The number of benzene rings is 1. The molecular formula is C16H27NSi. The molecule has 1 fully saturated rings. The third-order valence-electron chi connectivity index (χ3n) is 4.17. The van der Waals surface area contributed by atoms with Crippen molar-refractivity contribution in [3.8, 4) is 0 Å². The number of rotatable bonds is 4. The molecule has 0 N–H and O–H groups in total. The van der Waals surface area contributed by atoms with Gasteiger partial charge in [-0.3, -0.25) is 4.90 Å². The van der Waals surface area contributed by atoms with Gasteiger partial charge >= 0.3 is 0 Å². The smallest absolute Gasteiger partial charge is 0.0775 e. The fraction of sp³-hybridized carbons (Fsp3) is 0.625. The standard InChI is InChI=1S/C16H27NSi/c1-5-14-10-11-17(12-14)13-15-6-8-16(9-7-15)18(2,3)4/h6-9,14H,5,10-13H2,1-4H3. The van der Waals surface area contributed by atoms with E-state index in [0.717, 1.165) is 12.5 Å². The van der Waals surface area contributed by atoms with Crippen molar-refractivity contribution < 1.29 is 0 Å². The summed E-state index contributed by atoms with van der Waals surface area (Å²) >= 11 is 0. The fourth-order valence-electron chi connectivity index (χ4n) is 2.76. The average Bonchev–Trinajstić information content (AvgIpc) is 2.76. The van der Waals surface area contributed by atoms with Crippen LogP contribution in [0.2, 0.25) is 19.6 Å². The van der Waals surface area contributed by atoms with Crippen LogP contribution in [0.3, 0.4) is 0 Å². The van der Waals surface area contributed by atoms with Crippen LogP contribution in [0.4, 0.5) is 0 Å². The minimum atomic E-state index is -1.13. The third kappa shape index (κ3) is 3.45. The van der Waals surface area contributed by atoms with Gasteiger partial charge in [-0.1, -0.05) is 62.4 Å². The number of hydrogen-bond acceptors (Lipinski definition) is 1. The number of nitrogens with zero attached hydrogens (tertiary/aromatic N) is 1. The van der Waals surface area contributed by atoms with Gasteiger partial charge in [-0.15, -0.1) is 0 Å². The maximum Gasteiger partial charge on any atom is 0.0775 e. The van der Waals surface area contributed by atoms with Crippen LogP contribution in [-0.2, 0) is 6.54 Å². The second-order valence-corrected chi connectivity index (χ2v) is 11.8. The summed E-state index contributed by atoms with van der Waals surface area (Å²) in [6.07, 6.45) is 2.73. The molecule has 1 aromatic carbocycles. The lowest BCUT2D eigenvalue weighted by atomic mass is 10.1. The minimum absolute atomic E-state index is 0.936. The predicted molar refractivity (Wildman–Crippen MR) is 83.1 cm³/mol. The Balaban J connectivity index is 1.95. The summed E-state index contributed by atoms with van der Waals surface area (Å²) in [5.74, 6) is 0.936. The molecule has 0 aliphatic carbocycles. The lowest BCUT2D eigenvalue weighted by molar-refractivity contribution is 0.315. The van der Waals surface area contributed by atoms with Crippen molar-refractivity contribution >= 4 is 13.3 Å². The molecule has 1 aliphatic heterocycles. The lowest BCUT2D eigenvalue weighted by Gasteiger charge is -2.19. The van der Waals surface area contributed by atoms with Crippen molar-refractivity contribution in [1.29, 1.82) is 0 Å². The quantitative estimate of drug-likeness (QED) is 0.750. The lowest BCUT2D eigenvalue weighted by Crippen LogP contribution is -2.37. The summed E-state index contributed by atoms with van der Waals surface area (Å²) in [4.78, 5) is 2.61. The van der Waals surface area contributed by atoms with Crippen molar-refractivity contribution in [2.24, 2.45) is 5.92 Å². The van der Waals surface area contributed by atoms with Gasteiger partial charge in [-0.25, -0.2) is 0 Å². The second kappa shape index (κ2) is 5.58. The zero-order valence-corrected chi connectivity index (χ0v) is 13.4. The summed E-state index contributed by atoms with van der Waals surface area (Å²) in [5.41, 5.74) is 1.48. The van der Waals surface area contributed by atoms with E-state index in [1.165, 1.54) is 31.5 Å². The summed E-state index contributed by atoms with van der Waals surface area (Å²) in [5, 5.41) is 1.57. The molecule has 1 aliphatic rings. The molecule has 18 heavy (non-hydrogen) atoms. The Morgan fingerprint density at radius 1 is 1.17 bits per heavy atom. The van der Waals surface area contributed by atoms with Crippen molar-refractivity contribution in [1.82, 2.24) is 4.90 Å². The van der Waals surface area contributed by atoms with Crippen LogP contribution >= 0.6 is 0 Å². The molecule has 2 heteroatoms. The largest absolute Gasteiger partial charge is 0.299 e. The SMILES string of the molecule is CCC1CCN(Cc2ccc([Si](C)(C)C)cc2)C1. The minimum Gasteiger partial charge on any atom is -0.299 e. The maximum atomic E-state index is 2.61. The van der Waals surface area contributed by atoms with E-state index in [4.69, 9.17) is 0 Å². The van der Waals surface area contributed by atoms with Crippen LogP contribution in [0, 0.1) is 5.92 Å². The van der Waals surface area contributed by atoms with Crippen LogP contribution < -0.4 is 5.19 Å². The van der Waals surface area contributed by atoms with E-state index in [1.54, 1.807) is 5.19 Å². The maximum absolute atomic E-state index is 2.61. The van der Waals surface area contributed by atoms with Crippen LogP contribution in [-0.4, -0.2) is 26.1 Å². The molecule has 1 unspecified atom stereocenters. The molecule has 2 rings (SSSR count). The van der Waals surface area contributed by atoms with Crippen molar-refractivity contribution in [2.45, 2.75) is 46.0 Å². The molecule has 0 aromatic heterocycles. The van der Waals surface area contributed by atoms with Gasteiger partial charge < -0.3 is 0 Å². The Hall–Kier alpha value is -0.603. The molecule has 1 atom stereocenters. The molecule has 0 radical (unpaired) electrons. The van der Waals surface area contributed by atoms with Gasteiger partial charge in [0.1, 0.15) is 0 Å². The molecular weight excluding hydrogens is 234 g/mol. The molecule has 0 amide bonds. The first kappa shape index (κ1) is 13.8. The summed E-state index contributed by atoms with van der Waals surface area (Å²) in [7, 11) is -1.13. The Morgan fingerprint density at radius 3 is 2.33 bits per heavy atom. The van der Waals surface area contributed by atoms with Gasteiger partial charge in [-0.2, -0.15) is 0 Å². The van der Waals surface area contributed by atoms with E-state index in [1.807, 2.05) is 0 Å². The monoisotopic (exact) mass is 261 g/mol. The Labute approximate surface area is 113 Å². The van der Waals surface area contributed by atoms with Crippen LogP contribution in [0.5, 0.6) is 0 Å². The van der Waals surface area contributed by atoms with Gasteiger partial charge in [0.15, 0.2) is 0 Å². The topological polar surface area (TPSA) is 3.24 Å². The van der Waals surface area contributed by atoms with Crippen LogP contribution in [0.15, 0.2) is 24.3 Å². The van der Waals surface area contributed by atoms with Gasteiger partial charge in [0.05, 0.1) is 8.07 Å². The molecule has 1 saturated heterocycles. The number of likely N-dealkylation sites (tertiary alicyclic amines) is 1. The summed E-state index contributed by atoms with van der Waals surface area (Å²) in [6.45, 7) is 13.3. The van der Waals surface area contributed by atoms with Gasteiger partial charge in [-0.05, 0) is 24.4 Å². The average molecular weight is 261 g/mol. The highest BCUT2D eigenvalue weighted by atomic mass is 28.3. The highest BCUT2D eigenvalue weighted by Crippen LogP contribution is 2.20. The summed E-state index contributed by atoms with van der Waals surface area (Å²) in [6, 6.07) is 9.39. The van der Waals surface area contributed by atoms with E-state index in [9.17, 15) is 0 Å². The zero-order chi connectivity index (χ0) is 13.2. The van der Waals surface area contributed by atoms with E-state index >= 15 is 0 Å². The first-order valence-electron chi connectivity index (χ1n) is 7.31. The molecule has 0 bridgehead atoms. The molecule has 1 aromatic rings. The second-order valence-electron chi connectivity index (χ2n) is 6.74. The van der Waals surface area contributed by atoms with Crippen molar-refractivity contribution in [3.63, 3.8) is 0 Å². The molecule has 1 nitrogen and oxygen atoms in total. The fourth-order valence-corrected chi connectivity index (χ4v) is 3.92. The van der Waals surface area contributed by atoms with Gasteiger partial charge in [0.2, 0.25) is 0 Å². The Bertz CT molecular complexity index is 377. The third-order valence-corrected chi connectivity index (χ3v) is 6.24. The first-order chi connectivity index (χ1) is 8.49.